The van der Waals surface area contributed by atoms with Gasteiger partial charge in [-0.25, -0.2) is 0 Å². The quantitative estimate of drug-likeness (QED) is 0.355. The van der Waals surface area contributed by atoms with E-state index >= 15 is 0 Å². The number of hydrogen-bond donors (Lipinski definition) is 0. The maximum atomic E-state index is 2.68. The fourth-order valence-electron chi connectivity index (χ4n) is 6.43. The standard InChI is InChI=1S/C22H38.C2H6/c1-16(2)8-5-6-10-18-12-13-21-20-11-7-9-17(3)19(20)14-15-22(18,21)4;1-2/h7,9,16-21H,5-6,8,10-15H2,1-4H3;1-2H3/t17-,18?,19?,20?,21?,22-;/m1./s1. The zero-order valence-corrected chi connectivity index (χ0v) is 17.5. The van der Waals surface area contributed by atoms with Gasteiger partial charge in [0.1, 0.15) is 0 Å². The van der Waals surface area contributed by atoms with Gasteiger partial charge in [-0.15, -0.1) is 0 Å². The van der Waals surface area contributed by atoms with E-state index in [1.807, 2.05) is 13.8 Å². The van der Waals surface area contributed by atoms with Crippen LogP contribution in [0.2, 0.25) is 0 Å². The summed E-state index contributed by atoms with van der Waals surface area (Å²) in [5.41, 5.74) is 0.684. The highest BCUT2D eigenvalue weighted by Gasteiger charge is 2.53. The molecule has 4 unspecified atom stereocenters. The fourth-order valence-corrected chi connectivity index (χ4v) is 6.43. The SMILES string of the molecule is CC.CC(C)CCCCC1CCC2C3CC=C[C@@H](C)C3CC[C@]12C. The Hall–Kier alpha value is -0.260. The number of allylic oxidation sites excluding steroid dienone is 2. The van der Waals surface area contributed by atoms with E-state index in [1.165, 1.54) is 57.8 Å². The highest BCUT2D eigenvalue weighted by Crippen LogP contribution is 2.62. The molecule has 0 bridgehead atoms. The number of fused-ring (bicyclic) bond motifs is 3. The van der Waals surface area contributed by atoms with Gasteiger partial charge in [0.15, 0.2) is 0 Å². The van der Waals surface area contributed by atoms with E-state index in [1.54, 1.807) is 0 Å². The second kappa shape index (κ2) is 8.91. The van der Waals surface area contributed by atoms with Gasteiger partial charge < -0.3 is 0 Å². The summed E-state index contributed by atoms with van der Waals surface area (Å²) in [5, 5.41) is 0. The summed E-state index contributed by atoms with van der Waals surface area (Å²) in [6.07, 6.45) is 18.4. The predicted molar refractivity (Wildman–Crippen MR) is 108 cm³/mol. The Morgan fingerprint density at radius 1 is 1.04 bits per heavy atom. The van der Waals surface area contributed by atoms with Gasteiger partial charge in [-0.2, -0.15) is 0 Å². The van der Waals surface area contributed by atoms with E-state index in [-0.39, 0.29) is 0 Å². The van der Waals surface area contributed by atoms with E-state index < -0.39 is 0 Å². The van der Waals surface area contributed by atoms with Gasteiger partial charge in [0.25, 0.3) is 0 Å². The van der Waals surface area contributed by atoms with Crippen LogP contribution >= 0.6 is 0 Å². The molecule has 0 nitrogen and oxygen atoms in total. The highest BCUT2D eigenvalue weighted by atomic mass is 14.6. The van der Waals surface area contributed by atoms with Crippen LogP contribution < -0.4 is 0 Å². The van der Waals surface area contributed by atoms with Crippen molar-refractivity contribution in [2.24, 2.45) is 40.9 Å². The zero-order chi connectivity index (χ0) is 17.7. The molecule has 0 radical (unpaired) electrons. The largest absolute Gasteiger partial charge is 0.0880 e. The molecule has 0 amide bonds. The normalized spacial score (nSPS) is 40.7. The minimum absolute atomic E-state index is 0.684. The molecule has 24 heavy (non-hydrogen) atoms. The third-order valence-corrected chi connectivity index (χ3v) is 7.80. The lowest BCUT2D eigenvalue weighted by Gasteiger charge is -2.51. The van der Waals surface area contributed by atoms with Crippen LogP contribution in [-0.4, -0.2) is 0 Å². The topological polar surface area (TPSA) is 0 Å². The van der Waals surface area contributed by atoms with Gasteiger partial charge in [-0.1, -0.05) is 73.0 Å². The molecule has 2 fully saturated rings. The Labute approximate surface area is 152 Å². The first-order valence-electron chi connectivity index (χ1n) is 11.2. The van der Waals surface area contributed by atoms with Gasteiger partial charge in [0.05, 0.1) is 0 Å². The van der Waals surface area contributed by atoms with E-state index in [9.17, 15) is 0 Å². The summed E-state index contributed by atoms with van der Waals surface area (Å²) in [4.78, 5) is 0. The first-order chi connectivity index (χ1) is 11.5. The van der Waals surface area contributed by atoms with Crippen molar-refractivity contribution in [3.8, 4) is 0 Å². The molecule has 6 atom stereocenters. The number of rotatable bonds is 5. The zero-order valence-electron chi connectivity index (χ0n) is 17.5. The number of unbranched alkanes of at least 4 members (excludes halogenated alkanes) is 1. The molecule has 0 heterocycles. The molecule has 0 aromatic heterocycles. The van der Waals surface area contributed by atoms with Crippen molar-refractivity contribution >= 4 is 0 Å². The van der Waals surface area contributed by atoms with Crippen LogP contribution in [0.4, 0.5) is 0 Å². The molecule has 3 aliphatic rings. The van der Waals surface area contributed by atoms with Crippen molar-refractivity contribution in [2.45, 2.75) is 99.3 Å². The summed E-state index contributed by atoms with van der Waals surface area (Å²) in [6, 6.07) is 0. The molecule has 140 valence electrons. The molecule has 3 rings (SSSR count). The average Bonchev–Trinajstić information content (AvgIpc) is 2.90. The maximum Gasteiger partial charge on any atom is -0.0231 e. The molecule has 2 saturated carbocycles. The Bertz CT molecular complexity index is 393. The minimum atomic E-state index is 0.684. The van der Waals surface area contributed by atoms with Gasteiger partial charge in [-0.05, 0) is 79.4 Å². The Morgan fingerprint density at radius 2 is 1.79 bits per heavy atom. The molecule has 0 spiro atoms. The van der Waals surface area contributed by atoms with Crippen LogP contribution in [0.3, 0.4) is 0 Å². The molecule has 0 N–H and O–H groups in total. The smallest absolute Gasteiger partial charge is 0.0231 e. The average molecular weight is 333 g/mol. The van der Waals surface area contributed by atoms with Crippen LogP contribution in [-0.2, 0) is 0 Å². The molecule has 0 heteroatoms. The van der Waals surface area contributed by atoms with Crippen LogP contribution in [0.1, 0.15) is 99.3 Å². The Balaban J connectivity index is 0.00000100. The Morgan fingerprint density at radius 3 is 2.50 bits per heavy atom. The minimum Gasteiger partial charge on any atom is -0.0880 e. The van der Waals surface area contributed by atoms with Crippen LogP contribution in [0, 0.1) is 40.9 Å². The third-order valence-electron chi connectivity index (χ3n) is 7.80. The van der Waals surface area contributed by atoms with E-state index in [0.29, 0.717) is 5.41 Å². The maximum absolute atomic E-state index is 2.68. The molecule has 3 aliphatic carbocycles. The van der Waals surface area contributed by atoms with E-state index in [4.69, 9.17) is 0 Å². The van der Waals surface area contributed by atoms with Crippen molar-refractivity contribution in [2.75, 3.05) is 0 Å². The summed E-state index contributed by atoms with van der Waals surface area (Å²) in [6.45, 7) is 13.9. The van der Waals surface area contributed by atoms with Crippen LogP contribution in [0.15, 0.2) is 12.2 Å². The van der Waals surface area contributed by atoms with E-state index in [0.717, 1.165) is 35.5 Å². The predicted octanol–water partition coefficient (Wildman–Crippen LogP) is 7.88. The van der Waals surface area contributed by atoms with Crippen molar-refractivity contribution in [3.63, 3.8) is 0 Å². The van der Waals surface area contributed by atoms with Crippen molar-refractivity contribution in [3.05, 3.63) is 12.2 Å². The lowest BCUT2D eigenvalue weighted by molar-refractivity contribution is -0.00514. The molecule has 0 aromatic rings. The summed E-state index contributed by atoms with van der Waals surface area (Å²) < 4.78 is 0. The first-order valence-corrected chi connectivity index (χ1v) is 11.2. The Kier molecular flexibility index (Phi) is 7.44. The van der Waals surface area contributed by atoms with Crippen LogP contribution in [0.5, 0.6) is 0 Å². The summed E-state index contributed by atoms with van der Waals surface area (Å²) in [5.74, 6) is 5.81. The van der Waals surface area contributed by atoms with Crippen LogP contribution in [0.25, 0.3) is 0 Å². The molecular weight excluding hydrogens is 288 g/mol. The monoisotopic (exact) mass is 332 g/mol. The van der Waals surface area contributed by atoms with Crippen molar-refractivity contribution < 1.29 is 0 Å². The molecule has 0 saturated heterocycles. The lowest BCUT2D eigenvalue weighted by Crippen LogP contribution is -2.43. The van der Waals surface area contributed by atoms with Gasteiger partial charge in [0, 0.05) is 0 Å². The third kappa shape index (κ3) is 4.10. The summed E-state index contributed by atoms with van der Waals surface area (Å²) in [7, 11) is 0. The second-order valence-electron chi connectivity index (χ2n) is 9.45. The van der Waals surface area contributed by atoms with Crippen molar-refractivity contribution in [1.82, 2.24) is 0 Å². The molecule has 0 aliphatic heterocycles. The van der Waals surface area contributed by atoms with Crippen molar-refractivity contribution in [1.29, 1.82) is 0 Å². The van der Waals surface area contributed by atoms with Gasteiger partial charge >= 0.3 is 0 Å². The molecule has 0 aromatic carbocycles. The molecular formula is C24H44. The second-order valence-corrected chi connectivity index (χ2v) is 9.45. The highest BCUT2D eigenvalue weighted by molar-refractivity contribution is 5.09. The number of hydrogen-bond acceptors (Lipinski definition) is 0. The van der Waals surface area contributed by atoms with Gasteiger partial charge in [0.2, 0.25) is 0 Å². The van der Waals surface area contributed by atoms with Gasteiger partial charge in [-0.3, -0.25) is 0 Å². The van der Waals surface area contributed by atoms with E-state index in [2.05, 4.69) is 39.8 Å². The lowest BCUT2D eigenvalue weighted by atomic mass is 9.54. The first kappa shape index (κ1) is 20.1. The fraction of sp³-hybridized carbons (Fsp3) is 0.917. The summed E-state index contributed by atoms with van der Waals surface area (Å²) >= 11 is 0.